The van der Waals surface area contributed by atoms with Crippen LogP contribution in [-0.2, 0) is 6.54 Å². The molecule has 0 saturated carbocycles. The Morgan fingerprint density at radius 3 is 2.93 bits per heavy atom. The number of hydrogen-bond acceptors (Lipinski definition) is 4. The van der Waals surface area contributed by atoms with Gasteiger partial charge in [-0.2, -0.15) is 10.2 Å². The first-order valence-corrected chi connectivity index (χ1v) is 4.86. The van der Waals surface area contributed by atoms with Crippen LogP contribution in [0.5, 0.6) is 0 Å². The summed E-state index contributed by atoms with van der Waals surface area (Å²) in [6, 6.07) is 1.61. The van der Waals surface area contributed by atoms with E-state index in [1.54, 1.807) is 18.6 Å². The fourth-order valence-electron chi connectivity index (χ4n) is 1.50. The standard InChI is InChI=1S/C10H13N5/c1-2-15-6-5-12-10(15)9(11)8-3-4-13-14-7-8/h3-7,9H,2,11H2,1H3. The van der Waals surface area contributed by atoms with E-state index in [1.165, 1.54) is 0 Å². The van der Waals surface area contributed by atoms with Crippen LogP contribution in [0.1, 0.15) is 24.4 Å². The molecule has 2 heterocycles. The van der Waals surface area contributed by atoms with Crippen LogP contribution < -0.4 is 5.73 Å². The molecule has 0 aromatic carbocycles. The van der Waals surface area contributed by atoms with Gasteiger partial charge in [0.05, 0.1) is 12.2 Å². The Labute approximate surface area is 88.0 Å². The van der Waals surface area contributed by atoms with E-state index in [0.717, 1.165) is 17.9 Å². The minimum atomic E-state index is -0.240. The van der Waals surface area contributed by atoms with Crippen molar-refractivity contribution >= 4 is 0 Å². The molecule has 0 aliphatic heterocycles. The number of aryl methyl sites for hydroxylation is 1. The molecule has 78 valence electrons. The maximum absolute atomic E-state index is 6.09. The van der Waals surface area contributed by atoms with Gasteiger partial charge in [-0.05, 0) is 18.6 Å². The number of nitrogens with zero attached hydrogens (tertiary/aromatic N) is 4. The number of hydrogen-bond donors (Lipinski definition) is 1. The van der Waals surface area contributed by atoms with E-state index >= 15 is 0 Å². The number of imidazole rings is 1. The molecular formula is C10H13N5. The Balaban J connectivity index is 2.32. The maximum atomic E-state index is 6.09. The Morgan fingerprint density at radius 1 is 1.40 bits per heavy atom. The molecule has 5 heteroatoms. The van der Waals surface area contributed by atoms with E-state index in [4.69, 9.17) is 5.73 Å². The maximum Gasteiger partial charge on any atom is 0.130 e. The van der Waals surface area contributed by atoms with Crippen LogP contribution in [0.3, 0.4) is 0 Å². The summed E-state index contributed by atoms with van der Waals surface area (Å²) in [6.45, 7) is 2.92. The fourth-order valence-corrected chi connectivity index (χ4v) is 1.50. The van der Waals surface area contributed by atoms with Gasteiger partial charge in [-0.15, -0.1) is 0 Å². The second kappa shape index (κ2) is 4.18. The molecule has 0 saturated heterocycles. The summed E-state index contributed by atoms with van der Waals surface area (Å²) < 4.78 is 2.02. The van der Waals surface area contributed by atoms with Crippen LogP contribution in [0.2, 0.25) is 0 Å². The van der Waals surface area contributed by atoms with Crippen LogP contribution in [0.15, 0.2) is 30.9 Å². The average Bonchev–Trinajstić information content (AvgIpc) is 2.77. The Hall–Kier alpha value is -1.75. The van der Waals surface area contributed by atoms with Crippen molar-refractivity contribution in [3.8, 4) is 0 Å². The third kappa shape index (κ3) is 1.87. The summed E-state index contributed by atoms with van der Waals surface area (Å²) in [4.78, 5) is 4.25. The third-order valence-corrected chi connectivity index (χ3v) is 2.33. The highest BCUT2D eigenvalue weighted by Gasteiger charge is 2.13. The quantitative estimate of drug-likeness (QED) is 0.798. The summed E-state index contributed by atoms with van der Waals surface area (Å²) in [7, 11) is 0. The van der Waals surface area contributed by atoms with Crippen molar-refractivity contribution < 1.29 is 0 Å². The molecule has 1 unspecified atom stereocenters. The second-order valence-electron chi connectivity index (χ2n) is 3.22. The highest BCUT2D eigenvalue weighted by Crippen LogP contribution is 2.16. The number of nitrogens with two attached hydrogens (primary N) is 1. The molecule has 2 rings (SSSR count). The van der Waals surface area contributed by atoms with E-state index < -0.39 is 0 Å². The molecule has 0 fully saturated rings. The van der Waals surface area contributed by atoms with Crippen LogP contribution in [-0.4, -0.2) is 19.7 Å². The summed E-state index contributed by atoms with van der Waals surface area (Å²) in [5.41, 5.74) is 7.01. The van der Waals surface area contributed by atoms with E-state index in [9.17, 15) is 0 Å². The van der Waals surface area contributed by atoms with Gasteiger partial charge in [0.1, 0.15) is 5.82 Å². The first-order chi connectivity index (χ1) is 7.33. The average molecular weight is 203 g/mol. The molecule has 0 aliphatic rings. The first kappa shape index (κ1) is 9.79. The van der Waals surface area contributed by atoms with Crippen molar-refractivity contribution in [3.05, 3.63) is 42.2 Å². The Kier molecular flexibility index (Phi) is 2.73. The lowest BCUT2D eigenvalue weighted by atomic mass is 10.1. The Morgan fingerprint density at radius 2 is 2.27 bits per heavy atom. The summed E-state index contributed by atoms with van der Waals surface area (Å²) in [6.07, 6.45) is 6.98. The minimum Gasteiger partial charge on any atom is -0.334 e. The van der Waals surface area contributed by atoms with Gasteiger partial charge >= 0.3 is 0 Å². The van der Waals surface area contributed by atoms with Gasteiger partial charge in [-0.1, -0.05) is 0 Å². The van der Waals surface area contributed by atoms with Gasteiger partial charge in [0, 0.05) is 25.1 Å². The van der Waals surface area contributed by atoms with Crippen molar-refractivity contribution in [2.24, 2.45) is 5.73 Å². The molecule has 2 aromatic heterocycles. The van der Waals surface area contributed by atoms with Gasteiger partial charge in [-0.25, -0.2) is 4.98 Å². The largest absolute Gasteiger partial charge is 0.334 e. The molecule has 0 amide bonds. The third-order valence-electron chi connectivity index (χ3n) is 2.33. The molecule has 2 N–H and O–H groups in total. The van der Waals surface area contributed by atoms with E-state index in [-0.39, 0.29) is 6.04 Å². The van der Waals surface area contributed by atoms with Gasteiger partial charge < -0.3 is 10.3 Å². The lowest BCUT2D eigenvalue weighted by molar-refractivity contribution is 0.654. The van der Waals surface area contributed by atoms with Gasteiger partial charge in [-0.3, -0.25) is 0 Å². The first-order valence-electron chi connectivity index (χ1n) is 4.86. The molecule has 0 spiro atoms. The lowest BCUT2D eigenvalue weighted by Crippen LogP contribution is -2.17. The number of rotatable bonds is 3. The van der Waals surface area contributed by atoms with Crippen molar-refractivity contribution in [3.63, 3.8) is 0 Å². The SMILES string of the molecule is CCn1ccnc1C(N)c1ccnnc1. The molecule has 5 nitrogen and oxygen atoms in total. The smallest absolute Gasteiger partial charge is 0.130 e. The topological polar surface area (TPSA) is 69.6 Å². The highest BCUT2D eigenvalue weighted by molar-refractivity contribution is 5.19. The van der Waals surface area contributed by atoms with Crippen LogP contribution in [0, 0.1) is 0 Å². The predicted molar refractivity (Wildman–Crippen MR) is 56.0 cm³/mol. The monoisotopic (exact) mass is 203 g/mol. The van der Waals surface area contributed by atoms with Crippen molar-refractivity contribution in [2.75, 3.05) is 0 Å². The van der Waals surface area contributed by atoms with Gasteiger partial charge in [0.2, 0.25) is 0 Å². The van der Waals surface area contributed by atoms with Crippen LogP contribution in [0.4, 0.5) is 0 Å². The normalized spacial score (nSPS) is 12.7. The van der Waals surface area contributed by atoms with E-state index in [1.807, 2.05) is 16.8 Å². The second-order valence-corrected chi connectivity index (χ2v) is 3.22. The molecule has 0 radical (unpaired) electrons. The van der Waals surface area contributed by atoms with Gasteiger partial charge in [0.15, 0.2) is 0 Å². The van der Waals surface area contributed by atoms with Crippen molar-refractivity contribution in [2.45, 2.75) is 19.5 Å². The zero-order valence-corrected chi connectivity index (χ0v) is 8.54. The molecule has 0 bridgehead atoms. The van der Waals surface area contributed by atoms with Crippen molar-refractivity contribution in [1.29, 1.82) is 0 Å². The summed E-state index contributed by atoms with van der Waals surface area (Å²) >= 11 is 0. The number of aromatic nitrogens is 4. The van der Waals surface area contributed by atoms with E-state index in [2.05, 4.69) is 22.1 Å². The summed E-state index contributed by atoms with van der Waals surface area (Å²) in [5.74, 6) is 0.852. The fraction of sp³-hybridized carbons (Fsp3) is 0.300. The molecule has 2 aromatic rings. The molecule has 1 atom stereocenters. The highest BCUT2D eigenvalue weighted by atomic mass is 15.1. The molecule has 15 heavy (non-hydrogen) atoms. The summed E-state index contributed by atoms with van der Waals surface area (Å²) in [5, 5.41) is 7.52. The zero-order chi connectivity index (χ0) is 10.7. The molecular weight excluding hydrogens is 190 g/mol. The predicted octanol–water partition coefficient (Wildman–Crippen LogP) is 0.741. The van der Waals surface area contributed by atoms with E-state index in [0.29, 0.717) is 0 Å². The van der Waals surface area contributed by atoms with Crippen LogP contribution >= 0.6 is 0 Å². The van der Waals surface area contributed by atoms with Gasteiger partial charge in [0.25, 0.3) is 0 Å². The Bertz CT molecular complexity index is 422. The molecule has 0 aliphatic carbocycles. The van der Waals surface area contributed by atoms with Crippen molar-refractivity contribution in [1.82, 2.24) is 19.7 Å². The van der Waals surface area contributed by atoms with Crippen LogP contribution in [0.25, 0.3) is 0 Å². The minimum absolute atomic E-state index is 0.240. The lowest BCUT2D eigenvalue weighted by Gasteiger charge is -2.12. The zero-order valence-electron chi connectivity index (χ0n) is 8.54.